The first kappa shape index (κ1) is 8.24. The van der Waals surface area contributed by atoms with E-state index in [9.17, 15) is 9.59 Å². The molecular formula is C8H13NO2. The summed E-state index contributed by atoms with van der Waals surface area (Å²) in [5.41, 5.74) is 4.99. The molecule has 0 aromatic heterocycles. The number of Topliss-reactive ketones (excluding diaryl/α,β-unsaturated/α-hetero) is 1. The monoisotopic (exact) mass is 155 g/mol. The van der Waals surface area contributed by atoms with E-state index in [0.717, 1.165) is 19.3 Å². The van der Waals surface area contributed by atoms with Gasteiger partial charge in [0, 0.05) is 18.8 Å². The number of carbonyl (C=O) groups excluding carboxylic acids is 2. The van der Waals surface area contributed by atoms with Gasteiger partial charge in [0.15, 0.2) is 0 Å². The molecule has 1 fully saturated rings. The standard InChI is InChI=1S/C8H13NO2/c9-8(11)5-6-3-1-2-4-7(6)10/h6H,1-5H2,(H2,9,11). The molecule has 3 heteroatoms. The SMILES string of the molecule is NC(=O)CC1CCCCC1=O. The second-order valence-corrected chi connectivity index (χ2v) is 3.08. The van der Waals surface area contributed by atoms with Crippen LogP contribution in [0.15, 0.2) is 0 Å². The molecule has 3 nitrogen and oxygen atoms in total. The van der Waals surface area contributed by atoms with Gasteiger partial charge < -0.3 is 5.73 Å². The summed E-state index contributed by atoms with van der Waals surface area (Å²) in [6.07, 6.45) is 3.77. The highest BCUT2D eigenvalue weighted by Gasteiger charge is 2.23. The Labute approximate surface area is 66.0 Å². The van der Waals surface area contributed by atoms with E-state index in [2.05, 4.69) is 0 Å². The molecule has 1 amide bonds. The minimum Gasteiger partial charge on any atom is -0.370 e. The van der Waals surface area contributed by atoms with Crippen molar-refractivity contribution in [3.63, 3.8) is 0 Å². The van der Waals surface area contributed by atoms with E-state index in [0.29, 0.717) is 6.42 Å². The Balaban J connectivity index is 2.42. The molecule has 0 spiro atoms. The zero-order valence-corrected chi connectivity index (χ0v) is 6.51. The molecule has 1 aliphatic rings. The van der Waals surface area contributed by atoms with Crippen LogP contribution < -0.4 is 5.73 Å². The molecule has 1 saturated carbocycles. The van der Waals surface area contributed by atoms with Gasteiger partial charge in [-0.25, -0.2) is 0 Å². The fourth-order valence-electron chi connectivity index (χ4n) is 1.51. The van der Waals surface area contributed by atoms with Crippen molar-refractivity contribution in [2.75, 3.05) is 0 Å². The summed E-state index contributed by atoms with van der Waals surface area (Å²) in [5.74, 6) is -0.207. The Morgan fingerprint density at radius 2 is 2.27 bits per heavy atom. The van der Waals surface area contributed by atoms with Gasteiger partial charge in [-0.2, -0.15) is 0 Å². The third-order valence-electron chi connectivity index (χ3n) is 2.13. The van der Waals surface area contributed by atoms with Crippen LogP contribution in [-0.4, -0.2) is 11.7 Å². The van der Waals surface area contributed by atoms with Crippen molar-refractivity contribution in [3.8, 4) is 0 Å². The van der Waals surface area contributed by atoms with Crippen LogP contribution in [0.4, 0.5) is 0 Å². The number of carbonyl (C=O) groups is 2. The third kappa shape index (κ3) is 2.33. The van der Waals surface area contributed by atoms with Gasteiger partial charge in [0.25, 0.3) is 0 Å². The molecule has 2 N–H and O–H groups in total. The second kappa shape index (κ2) is 3.51. The van der Waals surface area contributed by atoms with Crippen molar-refractivity contribution in [2.24, 2.45) is 11.7 Å². The van der Waals surface area contributed by atoms with E-state index in [1.807, 2.05) is 0 Å². The van der Waals surface area contributed by atoms with Crippen molar-refractivity contribution in [2.45, 2.75) is 32.1 Å². The average Bonchev–Trinajstić information content (AvgIpc) is 1.93. The molecule has 1 atom stereocenters. The lowest BCUT2D eigenvalue weighted by Crippen LogP contribution is -2.25. The van der Waals surface area contributed by atoms with E-state index in [1.54, 1.807) is 0 Å². The van der Waals surface area contributed by atoms with E-state index < -0.39 is 0 Å². The maximum atomic E-state index is 11.1. The maximum absolute atomic E-state index is 11.1. The number of hydrogen-bond acceptors (Lipinski definition) is 2. The Hall–Kier alpha value is -0.860. The fourth-order valence-corrected chi connectivity index (χ4v) is 1.51. The molecule has 1 rings (SSSR count). The van der Waals surface area contributed by atoms with Crippen LogP contribution in [0.1, 0.15) is 32.1 Å². The van der Waals surface area contributed by atoms with Gasteiger partial charge in [-0.15, -0.1) is 0 Å². The van der Waals surface area contributed by atoms with E-state index >= 15 is 0 Å². The Morgan fingerprint density at radius 3 is 2.82 bits per heavy atom. The molecule has 0 radical (unpaired) electrons. The number of nitrogens with two attached hydrogens (primary N) is 1. The Kier molecular flexibility index (Phi) is 2.63. The minimum absolute atomic E-state index is 0.0683. The largest absolute Gasteiger partial charge is 0.370 e. The second-order valence-electron chi connectivity index (χ2n) is 3.08. The predicted molar refractivity (Wildman–Crippen MR) is 40.8 cm³/mol. The normalized spacial score (nSPS) is 25.1. The van der Waals surface area contributed by atoms with Gasteiger partial charge in [0.1, 0.15) is 5.78 Å². The lowest BCUT2D eigenvalue weighted by Gasteiger charge is -2.18. The lowest BCUT2D eigenvalue weighted by molar-refractivity contribution is -0.129. The summed E-state index contributed by atoms with van der Waals surface area (Å²) in [4.78, 5) is 21.6. The van der Waals surface area contributed by atoms with E-state index in [1.165, 1.54) is 0 Å². The molecule has 0 heterocycles. The van der Waals surface area contributed by atoms with Gasteiger partial charge in [-0.1, -0.05) is 6.42 Å². The molecule has 1 unspecified atom stereocenters. The van der Waals surface area contributed by atoms with E-state index in [-0.39, 0.29) is 24.0 Å². The lowest BCUT2D eigenvalue weighted by atomic mass is 9.86. The molecule has 1 aliphatic carbocycles. The van der Waals surface area contributed by atoms with E-state index in [4.69, 9.17) is 5.73 Å². The van der Waals surface area contributed by atoms with Crippen LogP contribution in [0.5, 0.6) is 0 Å². The van der Waals surface area contributed by atoms with Crippen LogP contribution in [0, 0.1) is 5.92 Å². The van der Waals surface area contributed by atoms with Crippen LogP contribution in [0.2, 0.25) is 0 Å². The van der Waals surface area contributed by atoms with Gasteiger partial charge in [0.05, 0.1) is 0 Å². The summed E-state index contributed by atoms with van der Waals surface area (Å²) >= 11 is 0. The molecule has 0 aromatic carbocycles. The Morgan fingerprint density at radius 1 is 1.55 bits per heavy atom. The molecular weight excluding hydrogens is 142 g/mol. The zero-order chi connectivity index (χ0) is 8.27. The number of rotatable bonds is 2. The molecule has 0 aromatic rings. The third-order valence-corrected chi connectivity index (χ3v) is 2.13. The summed E-state index contributed by atoms with van der Waals surface area (Å²) in [6, 6.07) is 0. The summed E-state index contributed by atoms with van der Waals surface area (Å²) in [7, 11) is 0. The Bertz CT molecular complexity index is 177. The van der Waals surface area contributed by atoms with Gasteiger partial charge in [-0.3, -0.25) is 9.59 Å². The number of hydrogen-bond donors (Lipinski definition) is 1. The summed E-state index contributed by atoms with van der Waals surface area (Å²) in [6.45, 7) is 0. The highest BCUT2D eigenvalue weighted by molar-refractivity contribution is 5.86. The van der Waals surface area contributed by atoms with Crippen molar-refractivity contribution >= 4 is 11.7 Å². The van der Waals surface area contributed by atoms with Crippen molar-refractivity contribution in [1.29, 1.82) is 0 Å². The van der Waals surface area contributed by atoms with Gasteiger partial charge in [0.2, 0.25) is 5.91 Å². The van der Waals surface area contributed by atoms with Crippen molar-refractivity contribution in [3.05, 3.63) is 0 Å². The smallest absolute Gasteiger partial charge is 0.218 e. The number of amides is 1. The quantitative estimate of drug-likeness (QED) is 0.635. The van der Waals surface area contributed by atoms with Crippen LogP contribution in [-0.2, 0) is 9.59 Å². The average molecular weight is 155 g/mol. The predicted octanol–water partition coefficient (Wildman–Crippen LogP) is 0.621. The number of ketones is 1. The molecule has 11 heavy (non-hydrogen) atoms. The van der Waals surface area contributed by atoms with Crippen LogP contribution in [0.3, 0.4) is 0 Å². The first-order valence-electron chi connectivity index (χ1n) is 4.01. The first-order chi connectivity index (χ1) is 5.20. The van der Waals surface area contributed by atoms with Gasteiger partial charge >= 0.3 is 0 Å². The highest BCUT2D eigenvalue weighted by Crippen LogP contribution is 2.22. The van der Waals surface area contributed by atoms with Crippen LogP contribution in [0.25, 0.3) is 0 Å². The minimum atomic E-state index is -0.356. The maximum Gasteiger partial charge on any atom is 0.218 e. The summed E-state index contributed by atoms with van der Waals surface area (Å²) < 4.78 is 0. The van der Waals surface area contributed by atoms with Crippen molar-refractivity contribution in [1.82, 2.24) is 0 Å². The molecule has 0 saturated heterocycles. The zero-order valence-electron chi connectivity index (χ0n) is 6.51. The number of primary amides is 1. The topological polar surface area (TPSA) is 60.2 Å². The van der Waals surface area contributed by atoms with Gasteiger partial charge in [-0.05, 0) is 12.8 Å². The van der Waals surface area contributed by atoms with Crippen molar-refractivity contribution < 1.29 is 9.59 Å². The first-order valence-corrected chi connectivity index (χ1v) is 4.01. The van der Waals surface area contributed by atoms with Crippen LogP contribution >= 0.6 is 0 Å². The fraction of sp³-hybridized carbons (Fsp3) is 0.750. The summed E-state index contributed by atoms with van der Waals surface area (Å²) in [5, 5.41) is 0. The molecule has 0 aliphatic heterocycles. The molecule has 62 valence electrons. The highest BCUT2D eigenvalue weighted by atomic mass is 16.1. The molecule has 0 bridgehead atoms.